The molecule has 0 atom stereocenters. The highest BCUT2D eigenvalue weighted by atomic mass is 35.5. The van der Waals surface area contributed by atoms with E-state index < -0.39 is 5.91 Å². The van der Waals surface area contributed by atoms with Crippen molar-refractivity contribution in [2.75, 3.05) is 10.6 Å². The molecule has 0 saturated carbocycles. The van der Waals surface area contributed by atoms with E-state index in [0.29, 0.717) is 33.2 Å². The summed E-state index contributed by atoms with van der Waals surface area (Å²) >= 11 is 5.98. The Hall–Kier alpha value is -4.04. The number of anilines is 2. The van der Waals surface area contributed by atoms with Crippen LogP contribution in [0.3, 0.4) is 0 Å². The van der Waals surface area contributed by atoms with Crippen LogP contribution in [0, 0.1) is 0 Å². The lowest BCUT2D eigenvalue weighted by Gasteiger charge is -2.13. The first-order valence-electron chi connectivity index (χ1n) is 8.91. The summed E-state index contributed by atoms with van der Waals surface area (Å²) in [5, 5.41) is 17.1. The van der Waals surface area contributed by atoms with Crippen molar-refractivity contribution in [2.24, 2.45) is 0 Å². The number of hydrogen-bond donors (Lipinski definition) is 2. The fourth-order valence-corrected chi connectivity index (χ4v) is 3.07. The van der Waals surface area contributed by atoms with E-state index in [4.69, 9.17) is 11.6 Å². The van der Waals surface area contributed by atoms with Gasteiger partial charge in [0.15, 0.2) is 0 Å². The summed E-state index contributed by atoms with van der Waals surface area (Å²) in [4.78, 5) is 25.7. The third-order valence-electron chi connectivity index (χ3n) is 4.25. The highest BCUT2D eigenvalue weighted by molar-refractivity contribution is 6.31. The van der Waals surface area contributed by atoms with Crippen LogP contribution in [0.15, 0.2) is 79.1 Å². The van der Waals surface area contributed by atoms with Crippen molar-refractivity contribution in [1.29, 1.82) is 0 Å². The van der Waals surface area contributed by atoms with Crippen LogP contribution in [0.5, 0.6) is 0 Å². The number of nitrogens with zero attached hydrogens (tertiary/aromatic N) is 4. The second-order valence-electron chi connectivity index (χ2n) is 6.24. The van der Waals surface area contributed by atoms with Crippen LogP contribution in [0.25, 0.3) is 5.69 Å². The SMILES string of the molecule is O=C(Nc1cccc(Cl)c1)c1ccccc1NC(=O)c1ccccc1-n1cnnn1. The number of benzene rings is 3. The zero-order chi connectivity index (χ0) is 20.9. The standard InChI is InChI=1S/C21H15ClN6O2/c22-14-6-5-7-15(12-14)24-20(29)16-8-1-3-10-18(16)25-21(30)17-9-2-4-11-19(17)28-13-23-26-27-28/h1-13H,(H,24,29)(H,25,30). The molecule has 0 saturated heterocycles. The Morgan fingerprint density at radius 1 is 0.833 bits per heavy atom. The minimum absolute atomic E-state index is 0.311. The van der Waals surface area contributed by atoms with Gasteiger partial charge in [0.1, 0.15) is 6.33 Å². The largest absolute Gasteiger partial charge is 0.322 e. The molecule has 0 aliphatic rings. The zero-order valence-electron chi connectivity index (χ0n) is 15.5. The molecule has 2 N–H and O–H groups in total. The third-order valence-corrected chi connectivity index (χ3v) is 4.48. The van der Waals surface area contributed by atoms with Gasteiger partial charge >= 0.3 is 0 Å². The summed E-state index contributed by atoms with van der Waals surface area (Å²) in [7, 11) is 0. The molecule has 30 heavy (non-hydrogen) atoms. The molecule has 0 aliphatic heterocycles. The molecule has 0 bridgehead atoms. The van der Waals surface area contributed by atoms with Gasteiger partial charge in [-0.15, -0.1) is 5.10 Å². The summed E-state index contributed by atoms with van der Waals surface area (Å²) in [6, 6.07) is 20.5. The molecule has 0 fully saturated rings. The molecule has 4 rings (SSSR count). The maximum absolute atomic E-state index is 13.0. The molecule has 2 amide bonds. The van der Waals surface area contributed by atoms with E-state index in [-0.39, 0.29) is 5.91 Å². The fourth-order valence-electron chi connectivity index (χ4n) is 2.88. The molecule has 4 aromatic rings. The van der Waals surface area contributed by atoms with Gasteiger partial charge in [0.25, 0.3) is 11.8 Å². The summed E-state index contributed by atoms with van der Waals surface area (Å²) in [6.45, 7) is 0. The lowest BCUT2D eigenvalue weighted by atomic mass is 10.1. The molecular weight excluding hydrogens is 404 g/mol. The Balaban J connectivity index is 1.59. The monoisotopic (exact) mass is 418 g/mol. The van der Waals surface area contributed by atoms with E-state index in [0.717, 1.165) is 0 Å². The van der Waals surface area contributed by atoms with E-state index in [9.17, 15) is 9.59 Å². The predicted octanol–water partition coefficient (Wildman–Crippen LogP) is 3.82. The average Bonchev–Trinajstić information content (AvgIpc) is 3.29. The Morgan fingerprint density at radius 2 is 1.57 bits per heavy atom. The van der Waals surface area contributed by atoms with Crippen molar-refractivity contribution in [3.05, 3.63) is 95.3 Å². The maximum atomic E-state index is 13.0. The highest BCUT2D eigenvalue weighted by Gasteiger charge is 2.17. The first-order chi connectivity index (χ1) is 14.6. The van der Waals surface area contributed by atoms with Crippen molar-refractivity contribution in [3.63, 3.8) is 0 Å². The quantitative estimate of drug-likeness (QED) is 0.513. The highest BCUT2D eigenvalue weighted by Crippen LogP contribution is 2.21. The molecule has 148 valence electrons. The number of hydrogen-bond acceptors (Lipinski definition) is 5. The molecule has 0 unspecified atom stereocenters. The molecule has 1 heterocycles. The van der Waals surface area contributed by atoms with E-state index in [2.05, 4.69) is 26.2 Å². The van der Waals surface area contributed by atoms with Crippen molar-refractivity contribution in [3.8, 4) is 5.69 Å². The molecule has 0 radical (unpaired) electrons. The number of carbonyl (C=O) groups excluding carboxylic acids is 2. The topological polar surface area (TPSA) is 102 Å². The van der Waals surface area contributed by atoms with E-state index in [1.165, 1.54) is 11.0 Å². The Kier molecular flexibility index (Phi) is 5.49. The average molecular weight is 419 g/mol. The molecule has 0 aliphatic carbocycles. The molecule has 3 aromatic carbocycles. The Morgan fingerprint density at radius 3 is 2.33 bits per heavy atom. The van der Waals surface area contributed by atoms with Gasteiger partial charge in [-0.25, -0.2) is 0 Å². The van der Waals surface area contributed by atoms with Crippen molar-refractivity contribution < 1.29 is 9.59 Å². The van der Waals surface area contributed by atoms with Crippen LogP contribution < -0.4 is 10.6 Å². The number of aromatic nitrogens is 4. The van der Waals surface area contributed by atoms with Gasteiger partial charge in [-0.1, -0.05) is 41.9 Å². The van der Waals surface area contributed by atoms with Crippen LogP contribution in [-0.4, -0.2) is 32.0 Å². The molecule has 1 aromatic heterocycles. The van der Waals surface area contributed by atoms with Gasteiger partial charge in [-0.2, -0.15) is 4.68 Å². The number of carbonyl (C=O) groups is 2. The zero-order valence-corrected chi connectivity index (χ0v) is 16.2. The number of nitrogens with one attached hydrogen (secondary N) is 2. The smallest absolute Gasteiger partial charge is 0.257 e. The van der Waals surface area contributed by atoms with Crippen LogP contribution >= 0.6 is 11.6 Å². The number of halogens is 1. The molecule has 0 spiro atoms. The van der Waals surface area contributed by atoms with E-state index in [1.807, 2.05) is 0 Å². The molecule has 9 heteroatoms. The second-order valence-corrected chi connectivity index (χ2v) is 6.67. The van der Waals surface area contributed by atoms with Gasteiger partial charge < -0.3 is 10.6 Å². The predicted molar refractivity (Wildman–Crippen MR) is 113 cm³/mol. The summed E-state index contributed by atoms with van der Waals surface area (Å²) < 4.78 is 1.40. The summed E-state index contributed by atoms with van der Waals surface area (Å²) in [5.41, 5.74) is 2.10. The van der Waals surface area contributed by atoms with Gasteiger partial charge in [0, 0.05) is 10.7 Å². The Bertz CT molecular complexity index is 1210. The van der Waals surface area contributed by atoms with E-state index in [1.54, 1.807) is 72.8 Å². The van der Waals surface area contributed by atoms with Crippen LogP contribution in [-0.2, 0) is 0 Å². The molecular formula is C21H15ClN6O2. The van der Waals surface area contributed by atoms with Gasteiger partial charge in [0.2, 0.25) is 0 Å². The van der Waals surface area contributed by atoms with Crippen molar-refractivity contribution in [1.82, 2.24) is 20.2 Å². The van der Waals surface area contributed by atoms with Gasteiger partial charge in [-0.05, 0) is 52.9 Å². The first kappa shape index (κ1) is 19.3. The maximum Gasteiger partial charge on any atom is 0.257 e. The normalized spacial score (nSPS) is 10.4. The van der Waals surface area contributed by atoms with E-state index >= 15 is 0 Å². The van der Waals surface area contributed by atoms with Crippen molar-refractivity contribution in [2.45, 2.75) is 0 Å². The lowest BCUT2D eigenvalue weighted by molar-refractivity contribution is 0.102. The second kappa shape index (κ2) is 8.54. The number of para-hydroxylation sites is 2. The van der Waals surface area contributed by atoms with Crippen LogP contribution in [0.4, 0.5) is 11.4 Å². The number of amides is 2. The van der Waals surface area contributed by atoms with Gasteiger partial charge in [0.05, 0.1) is 22.5 Å². The van der Waals surface area contributed by atoms with Gasteiger partial charge in [-0.3, -0.25) is 9.59 Å². The third kappa shape index (κ3) is 4.18. The fraction of sp³-hybridized carbons (Fsp3) is 0. The lowest BCUT2D eigenvalue weighted by Crippen LogP contribution is -2.19. The van der Waals surface area contributed by atoms with Crippen LogP contribution in [0.1, 0.15) is 20.7 Å². The minimum atomic E-state index is -0.399. The van der Waals surface area contributed by atoms with Crippen LogP contribution in [0.2, 0.25) is 5.02 Å². The minimum Gasteiger partial charge on any atom is -0.322 e. The molecule has 8 nitrogen and oxygen atoms in total. The Labute approximate surface area is 176 Å². The summed E-state index contributed by atoms with van der Waals surface area (Å²) in [6.07, 6.45) is 1.40. The van der Waals surface area contributed by atoms with Crippen molar-refractivity contribution >= 4 is 34.8 Å². The summed E-state index contributed by atoms with van der Waals surface area (Å²) in [5.74, 6) is -0.772. The number of tetrazole rings is 1. The number of rotatable bonds is 5. The first-order valence-corrected chi connectivity index (χ1v) is 9.29.